The Balaban J connectivity index is 1.95. The van der Waals surface area contributed by atoms with Crippen LogP contribution >= 0.6 is 0 Å². The number of pyridine rings is 1. The Morgan fingerprint density at radius 1 is 1.50 bits per heavy atom. The number of rotatable bonds is 2. The smallest absolute Gasteiger partial charge is 0.132 e. The van der Waals surface area contributed by atoms with Crippen LogP contribution in [0.3, 0.4) is 0 Å². The summed E-state index contributed by atoms with van der Waals surface area (Å²) in [6, 6.07) is 2.88. The first-order chi connectivity index (χ1) is 8.90. The fourth-order valence-electron chi connectivity index (χ4n) is 3.33. The molecule has 18 heavy (non-hydrogen) atoms. The molecule has 0 bridgehead atoms. The van der Waals surface area contributed by atoms with Crippen molar-refractivity contribution in [2.45, 2.75) is 45.1 Å². The predicted molar refractivity (Wildman–Crippen MR) is 75.2 cm³/mol. The van der Waals surface area contributed by atoms with Gasteiger partial charge in [0.2, 0.25) is 0 Å². The van der Waals surface area contributed by atoms with E-state index in [1.54, 1.807) is 0 Å². The second-order valence-electron chi connectivity index (χ2n) is 5.47. The van der Waals surface area contributed by atoms with Gasteiger partial charge in [-0.2, -0.15) is 0 Å². The molecule has 98 valence electrons. The minimum absolute atomic E-state index is 0.657. The van der Waals surface area contributed by atoms with Crippen LogP contribution in [0.5, 0.6) is 0 Å². The van der Waals surface area contributed by atoms with E-state index in [0.29, 0.717) is 6.04 Å². The lowest BCUT2D eigenvalue weighted by molar-refractivity contribution is 0.521. The van der Waals surface area contributed by atoms with E-state index in [2.05, 4.69) is 28.2 Å². The van der Waals surface area contributed by atoms with Crippen molar-refractivity contribution in [2.24, 2.45) is 0 Å². The highest BCUT2D eigenvalue weighted by atomic mass is 15.2. The highest BCUT2D eigenvalue weighted by molar-refractivity contribution is 5.54. The van der Waals surface area contributed by atoms with E-state index in [1.165, 1.54) is 49.0 Å². The Morgan fingerprint density at radius 3 is 3.33 bits per heavy atom. The molecule has 2 aliphatic rings. The van der Waals surface area contributed by atoms with Crippen LogP contribution in [0.4, 0.5) is 5.82 Å². The molecule has 1 saturated heterocycles. The molecule has 0 aromatic carbocycles. The summed E-state index contributed by atoms with van der Waals surface area (Å²) in [5, 5.41) is 3.55. The van der Waals surface area contributed by atoms with E-state index in [-0.39, 0.29) is 0 Å². The van der Waals surface area contributed by atoms with Gasteiger partial charge in [-0.15, -0.1) is 0 Å². The number of fused-ring (bicyclic) bond motifs is 3. The average Bonchev–Trinajstić information content (AvgIpc) is 2.64. The van der Waals surface area contributed by atoms with Crippen LogP contribution in [0.25, 0.3) is 0 Å². The van der Waals surface area contributed by atoms with Crippen molar-refractivity contribution in [1.82, 2.24) is 10.3 Å². The maximum atomic E-state index is 4.69. The van der Waals surface area contributed by atoms with E-state index in [9.17, 15) is 0 Å². The Hall–Kier alpha value is -1.09. The van der Waals surface area contributed by atoms with Crippen LogP contribution in [0.15, 0.2) is 12.3 Å². The first-order valence-corrected chi connectivity index (χ1v) is 7.34. The minimum atomic E-state index is 0.657. The summed E-state index contributed by atoms with van der Waals surface area (Å²) in [5.74, 6) is 1.28. The topological polar surface area (TPSA) is 28.2 Å². The molecule has 1 fully saturated rings. The molecule has 0 aliphatic carbocycles. The van der Waals surface area contributed by atoms with Gasteiger partial charge < -0.3 is 10.2 Å². The summed E-state index contributed by atoms with van der Waals surface area (Å²) in [4.78, 5) is 7.24. The second kappa shape index (κ2) is 5.27. The molecule has 0 radical (unpaired) electrons. The van der Waals surface area contributed by atoms with Crippen molar-refractivity contribution in [3.8, 4) is 0 Å². The number of aromatic nitrogens is 1. The summed E-state index contributed by atoms with van der Waals surface area (Å²) in [6.07, 6.45) is 8.15. The zero-order chi connectivity index (χ0) is 12.4. The molecule has 3 heteroatoms. The second-order valence-corrected chi connectivity index (χ2v) is 5.47. The minimum Gasteiger partial charge on any atom is -0.352 e. The van der Waals surface area contributed by atoms with Gasteiger partial charge in [0.05, 0.1) is 0 Å². The van der Waals surface area contributed by atoms with E-state index in [0.717, 1.165) is 19.6 Å². The fraction of sp³-hybridized carbons (Fsp3) is 0.667. The van der Waals surface area contributed by atoms with Crippen molar-refractivity contribution in [3.63, 3.8) is 0 Å². The molecule has 1 aromatic heterocycles. The maximum Gasteiger partial charge on any atom is 0.132 e. The largest absolute Gasteiger partial charge is 0.352 e. The van der Waals surface area contributed by atoms with Crippen LogP contribution in [-0.4, -0.2) is 30.7 Å². The van der Waals surface area contributed by atoms with Gasteiger partial charge in [-0.3, -0.25) is 0 Å². The van der Waals surface area contributed by atoms with Crippen molar-refractivity contribution < 1.29 is 0 Å². The van der Waals surface area contributed by atoms with Crippen LogP contribution < -0.4 is 10.2 Å². The highest BCUT2D eigenvalue weighted by Gasteiger charge is 2.29. The van der Waals surface area contributed by atoms with Gasteiger partial charge in [0, 0.05) is 25.3 Å². The number of nitrogens with zero attached hydrogens (tertiary/aromatic N) is 2. The summed E-state index contributed by atoms with van der Waals surface area (Å²) >= 11 is 0. The molecule has 0 amide bonds. The van der Waals surface area contributed by atoms with Crippen LogP contribution in [-0.2, 0) is 12.8 Å². The third kappa shape index (κ3) is 2.12. The van der Waals surface area contributed by atoms with E-state index in [1.807, 2.05) is 6.20 Å². The standard InChI is InChI=1S/C15H23N3/c1-2-4-12-7-9-17-15-14(12)6-5-13-11-16-8-3-10-18(13)15/h7,9,13,16H,2-6,8,10-11H2,1H3/t13-/m1/s1. The Morgan fingerprint density at radius 2 is 2.44 bits per heavy atom. The molecular formula is C15H23N3. The van der Waals surface area contributed by atoms with Crippen LogP contribution in [0.2, 0.25) is 0 Å². The lowest BCUT2D eigenvalue weighted by Gasteiger charge is -2.37. The molecule has 3 rings (SSSR count). The van der Waals surface area contributed by atoms with Gasteiger partial charge in [0.25, 0.3) is 0 Å². The first-order valence-electron chi connectivity index (χ1n) is 7.34. The molecule has 3 heterocycles. The number of hydrogen-bond donors (Lipinski definition) is 1. The van der Waals surface area contributed by atoms with Crippen molar-refractivity contribution in [2.75, 3.05) is 24.5 Å². The van der Waals surface area contributed by atoms with Gasteiger partial charge >= 0.3 is 0 Å². The molecule has 0 unspecified atom stereocenters. The third-order valence-corrected chi connectivity index (χ3v) is 4.22. The number of anilines is 1. The van der Waals surface area contributed by atoms with Crippen LogP contribution in [0, 0.1) is 0 Å². The molecule has 1 aromatic rings. The Bertz CT molecular complexity index is 416. The summed E-state index contributed by atoms with van der Waals surface area (Å²) < 4.78 is 0. The van der Waals surface area contributed by atoms with Crippen LogP contribution in [0.1, 0.15) is 37.3 Å². The summed E-state index contributed by atoms with van der Waals surface area (Å²) in [7, 11) is 0. The Kier molecular flexibility index (Phi) is 3.50. The number of hydrogen-bond acceptors (Lipinski definition) is 3. The van der Waals surface area contributed by atoms with E-state index >= 15 is 0 Å². The summed E-state index contributed by atoms with van der Waals surface area (Å²) in [6.45, 7) is 5.69. The summed E-state index contributed by atoms with van der Waals surface area (Å²) in [5.41, 5.74) is 3.05. The normalized spacial score (nSPS) is 23.2. The zero-order valence-electron chi connectivity index (χ0n) is 11.3. The first kappa shape index (κ1) is 12.0. The molecule has 1 N–H and O–H groups in total. The lowest BCUT2D eigenvalue weighted by Crippen LogP contribution is -2.43. The molecule has 1 atom stereocenters. The zero-order valence-corrected chi connectivity index (χ0v) is 11.3. The van der Waals surface area contributed by atoms with Crippen molar-refractivity contribution in [1.29, 1.82) is 0 Å². The number of aryl methyl sites for hydroxylation is 1. The lowest BCUT2D eigenvalue weighted by atomic mass is 9.93. The fourth-order valence-corrected chi connectivity index (χ4v) is 3.33. The number of nitrogens with one attached hydrogen (secondary N) is 1. The van der Waals surface area contributed by atoms with Gasteiger partial charge in [-0.05, 0) is 49.4 Å². The van der Waals surface area contributed by atoms with Crippen molar-refractivity contribution in [3.05, 3.63) is 23.4 Å². The van der Waals surface area contributed by atoms with E-state index < -0.39 is 0 Å². The van der Waals surface area contributed by atoms with Gasteiger partial charge in [-0.1, -0.05) is 13.3 Å². The molecule has 2 aliphatic heterocycles. The maximum absolute atomic E-state index is 4.69. The van der Waals surface area contributed by atoms with E-state index in [4.69, 9.17) is 0 Å². The molecule has 0 spiro atoms. The average molecular weight is 245 g/mol. The third-order valence-electron chi connectivity index (χ3n) is 4.22. The molecular weight excluding hydrogens is 222 g/mol. The highest BCUT2D eigenvalue weighted by Crippen LogP contribution is 2.32. The Labute approximate surface area is 110 Å². The predicted octanol–water partition coefficient (Wildman–Crippen LogP) is 2.15. The van der Waals surface area contributed by atoms with Crippen molar-refractivity contribution >= 4 is 5.82 Å². The SMILES string of the molecule is CCCc1ccnc2c1CC[C@@H]1CNCCCN21. The monoisotopic (exact) mass is 245 g/mol. The molecule has 0 saturated carbocycles. The molecule has 3 nitrogen and oxygen atoms in total. The van der Waals surface area contributed by atoms with Gasteiger partial charge in [-0.25, -0.2) is 4.98 Å². The van der Waals surface area contributed by atoms with Gasteiger partial charge in [0.1, 0.15) is 5.82 Å². The quantitative estimate of drug-likeness (QED) is 0.865. The van der Waals surface area contributed by atoms with Gasteiger partial charge in [0.15, 0.2) is 0 Å².